The van der Waals surface area contributed by atoms with E-state index in [1.807, 2.05) is 18.2 Å². The summed E-state index contributed by atoms with van der Waals surface area (Å²) < 4.78 is 5.55. The van der Waals surface area contributed by atoms with Crippen molar-refractivity contribution in [1.82, 2.24) is 10.2 Å². The molecule has 5 nitrogen and oxygen atoms in total. The second-order valence-corrected chi connectivity index (χ2v) is 8.00. The summed E-state index contributed by atoms with van der Waals surface area (Å²) in [5.41, 5.74) is 0.992. The fourth-order valence-corrected chi connectivity index (χ4v) is 4.52. The average molecular weight is 393 g/mol. The third-order valence-corrected chi connectivity index (χ3v) is 5.90. The first-order valence-corrected chi connectivity index (χ1v) is 9.90. The van der Waals surface area contributed by atoms with Crippen LogP contribution < -0.4 is 5.32 Å². The van der Waals surface area contributed by atoms with Crippen LogP contribution in [-0.4, -0.2) is 40.3 Å². The minimum atomic E-state index is -0.236. The van der Waals surface area contributed by atoms with Gasteiger partial charge in [0.05, 0.1) is 13.2 Å². The van der Waals surface area contributed by atoms with Gasteiger partial charge in [0, 0.05) is 23.1 Å². The number of nitrogens with zero attached hydrogens (tertiary/aromatic N) is 1. The van der Waals surface area contributed by atoms with Crippen molar-refractivity contribution in [2.75, 3.05) is 19.7 Å². The topological polar surface area (TPSA) is 68.9 Å². The van der Waals surface area contributed by atoms with E-state index in [2.05, 4.69) is 36.2 Å². The second-order valence-electron chi connectivity index (χ2n) is 7.56. The highest BCUT2D eigenvalue weighted by atomic mass is 35.5. The van der Waals surface area contributed by atoms with Crippen LogP contribution in [0.15, 0.2) is 40.8 Å². The van der Waals surface area contributed by atoms with Gasteiger partial charge in [0.1, 0.15) is 18.1 Å². The van der Waals surface area contributed by atoms with E-state index < -0.39 is 0 Å². The molecule has 6 heteroatoms. The number of aliphatic hydroxyl groups excluding tert-OH is 2. The van der Waals surface area contributed by atoms with Crippen molar-refractivity contribution in [3.05, 3.63) is 58.5 Å². The predicted octanol–water partition coefficient (Wildman–Crippen LogP) is 3.35. The normalized spacial score (nSPS) is 26.0. The van der Waals surface area contributed by atoms with E-state index in [1.54, 1.807) is 6.07 Å². The van der Waals surface area contributed by atoms with E-state index in [9.17, 15) is 5.11 Å². The van der Waals surface area contributed by atoms with Gasteiger partial charge in [0.15, 0.2) is 0 Å². The first-order valence-electron chi connectivity index (χ1n) is 9.53. The molecule has 148 valence electrons. The lowest BCUT2D eigenvalue weighted by atomic mass is 9.90. The molecule has 0 amide bonds. The monoisotopic (exact) mass is 392 g/mol. The molecule has 1 saturated heterocycles. The summed E-state index contributed by atoms with van der Waals surface area (Å²) in [7, 11) is 0. The van der Waals surface area contributed by atoms with Crippen LogP contribution in [0.1, 0.15) is 43.4 Å². The fourth-order valence-electron chi connectivity index (χ4n) is 4.40. The van der Waals surface area contributed by atoms with Gasteiger partial charge in [-0.25, -0.2) is 0 Å². The SMILES string of the molecule is CCN1[C@H](c2ccc(Cl)cc2)[C@H](CNCc2ccc(CO)o2)C[C@]1(C)CO. The highest BCUT2D eigenvalue weighted by Gasteiger charge is 2.47. The molecule has 2 heterocycles. The van der Waals surface area contributed by atoms with Gasteiger partial charge in [-0.05, 0) is 55.6 Å². The van der Waals surface area contributed by atoms with Crippen LogP contribution in [0.25, 0.3) is 0 Å². The minimum absolute atomic E-state index is 0.0818. The van der Waals surface area contributed by atoms with Crippen molar-refractivity contribution >= 4 is 11.6 Å². The lowest BCUT2D eigenvalue weighted by molar-refractivity contribution is 0.0579. The molecular weight excluding hydrogens is 364 g/mol. The molecule has 0 spiro atoms. The first kappa shape index (κ1) is 20.4. The number of benzene rings is 1. The Labute approximate surface area is 165 Å². The van der Waals surface area contributed by atoms with E-state index in [1.165, 1.54) is 5.56 Å². The Morgan fingerprint density at radius 1 is 1.19 bits per heavy atom. The van der Waals surface area contributed by atoms with Gasteiger partial charge in [0.2, 0.25) is 0 Å². The van der Waals surface area contributed by atoms with Gasteiger partial charge < -0.3 is 19.9 Å². The molecule has 0 saturated carbocycles. The van der Waals surface area contributed by atoms with Crippen LogP contribution in [-0.2, 0) is 13.2 Å². The molecule has 1 aromatic carbocycles. The van der Waals surface area contributed by atoms with Gasteiger partial charge in [-0.15, -0.1) is 0 Å². The summed E-state index contributed by atoms with van der Waals surface area (Å²) in [6.45, 7) is 6.64. The van der Waals surface area contributed by atoms with E-state index in [-0.39, 0.29) is 24.8 Å². The summed E-state index contributed by atoms with van der Waals surface area (Å²) in [5.74, 6) is 1.75. The molecule has 1 aliphatic heterocycles. The molecular formula is C21H29ClN2O3. The summed E-state index contributed by atoms with van der Waals surface area (Å²) in [6.07, 6.45) is 0.914. The molecule has 1 aliphatic rings. The third kappa shape index (κ3) is 4.39. The Morgan fingerprint density at radius 2 is 1.89 bits per heavy atom. The lowest BCUT2D eigenvalue weighted by Gasteiger charge is -2.37. The Kier molecular flexibility index (Phi) is 6.61. The minimum Gasteiger partial charge on any atom is -0.462 e. The quantitative estimate of drug-likeness (QED) is 0.642. The van der Waals surface area contributed by atoms with Gasteiger partial charge in [-0.2, -0.15) is 0 Å². The number of hydrogen-bond donors (Lipinski definition) is 3. The summed E-state index contributed by atoms with van der Waals surface area (Å²) in [6, 6.07) is 12.0. The number of likely N-dealkylation sites (N-methyl/N-ethyl adjacent to an activating group) is 1. The van der Waals surface area contributed by atoms with Crippen LogP contribution >= 0.6 is 11.6 Å². The number of rotatable bonds is 8. The van der Waals surface area contributed by atoms with Crippen LogP contribution in [0, 0.1) is 5.92 Å². The number of hydrogen-bond acceptors (Lipinski definition) is 5. The summed E-state index contributed by atoms with van der Waals surface area (Å²) in [5, 5.41) is 23.4. The van der Waals surface area contributed by atoms with Crippen LogP contribution in [0.2, 0.25) is 5.02 Å². The Balaban J connectivity index is 1.74. The van der Waals surface area contributed by atoms with Crippen LogP contribution in [0.3, 0.4) is 0 Å². The van der Waals surface area contributed by atoms with Crippen molar-refractivity contribution in [3.63, 3.8) is 0 Å². The molecule has 3 rings (SSSR count). The molecule has 27 heavy (non-hydrogen) atoms. The van der Waals surface area contributed by atoms with Gasteiger partial charge in [0.25, 0.3) is 0 Å². The zero-order chi connectivity index (χ0) is 19.4. The average Bonchev–Trinajstić information content (AvgIpc) is 3.25. The number of halogens is 1. The maximum atomic E-state index is 10.1. The first-order chi connectivity index (χ1) is 13.0. The number of aliphatic hydroxyl groups is 2. The van der Waals surface area contributed by atoms with E-state index in [0.717, 1.165) is 30.3 Å². The lowest BCUT2D eigenvalue weighted by Crippen LogP contribution is -2.45. The Bertz CT molecular complexity index is 733. The zero-order valence-electron chi connectivity index (χ0n) is 16.0. The summed E-state index contributed by atoms with van der Waals surface area (Å²) in [4.78, 5) is 2.40. The maximum absolute atomic E-state index is 10.1. The van der Waals surface area contributed by atoms with Crippen molar-refractivity contribution in [3.8, 4) is 0 Å². The summed E-state index contributed by atoms with van der Waals surface area (Å²) >= 11 is 6.08. The zero-order valence-corrected chi connectivity index (χ0v) is 16.7. The second kappa shape index (κ2) is 8.76. The molecule has 2 aromatic rings. The van der Waals surface area contributed by atoms with E-state index in [4.69, 9.17) is 21.1 Å². The predicted molar refractivity (Wildman–Crippen MR) is 107 cm³/mol. The standard InChI is InChI=1S/C21H29ClN2O3/c1-3-24-20(15-4-6-17(22)7-5-15)16(10-21(24,2)14-26)11-23-12-18-8-9-19(13-25)27-18/h4-9,16,20,23,25-26H,3,10-14H2,1-2H3/t16-,20+,21+/m0/s1. The molecule has 0 aliphatic carbocycles. The van der Waals surface area contributed by atoms with Crippen molar-refractivity contribution in [2.45, 2.75) is 45.0 Å². The molecule has 1 fully saturated rings. The largest absolute Gasteiger partial charge is 0.462 e. The van der Waals surface area contributed by atoms with Crippen LogP contribution in [0.4, 0.5) is 0 Å². The highest BCUT2D eigenvalue weighted by molar-refractivity contribution is 6.30. The Morgan fingerprint density at radius 3 is 2.48 bits per heavy atom. The number of likely N-dealkylation sites (tertiary alicyclic amines) is 1. The number of furan rings is 1. The van der Waals surface area contributed by atoms with Crippen molar-refractivity contribution < 1.29 is 14.6 Å². The fraction of sp³-hybridized carbons (Fsp3) is 0.524. The van der Waals surface area contributed by atoms with Gasteiger partial charge in [-0.3, -0.25) is 4.90 Å². The third-order valence-electron chi connectivity index (χ3n) is 5.65. The molecule has 0 bridgehead atoms. The highest BCUT2D eigenvalue weighted by Crippen LogP contribution is 2.46. The van der Waals surface area contributed by atoms with Crippen molar-refractivity contribution in [2.24, 2.45) is 5.92 Å². The van der Waals surface area contributed by atoms with Crippen LogP contribution in [0.5, 0.6) is 0 Å². The smallest absolute Gasteiger partial charge is 0.129 e. The maximum Gasteiger partial charge on any atom is 0.129 e. The van der Waals surface area contributed by atoms with E-state index >= 15 is 0 Å². The Hall–Kier alpha value is -1.37. The molecule has 3 N–H and O–H groups in total. The molecule has 0 radical (unpaired) electrons. The molecule has 3 atom stereocenters. The van der Waals surface area contributed by atoms with Gasteiger partial charge in [-0.1, -0.05) is 30.7 Å². The van der Waals surface area contributed by atoms with Crippen molar-refractivity contribution in [1.29, 1.82) is 0 Å². The number of nitrogens with one attached hydrogen (secondary N) is 1. The molecule has 1 aromatic heterocycles. The van der Waals surface area contributed by atoms with E-state index in [0.29, 0.717) is 18.2 Å². The molecule has 0 unspecified atom stereocenters. The van der Waals surface area contributed by atoms with Gasteiger partial charge >= 0.3 is 0 Å².